The summed E-state index contributed by atoms with van der Waals surface area (Å²) in [5.74, 6) is -0.348. The number of hydrogen-bond donors (Lipinski definition) is 2. The van der Waals surface area contributed by atoms with E-state index < -0.39 is 29.0 Å². The number of imide groups is 1. The number of nitrogens with zero attached hydrogens (tertiary/aromatic N) is 3. The number of anilines is 3. The van der Waals surface area contributed by atoms with Crippen molar-refractivity contribution in [2.24, 2.45) is 0 Å². The number of amides is 5. The fraction of sp³-hybridized carbons (Fsp3) is 0.200. The molecule has 1 aliphatic heterocycles. The zero-order valence-electron chi connectivity index (χ0n) is 20.3. The van der Waals surface area contributed by atoms with Gasteiger partial charge in [0.25, 0.3) is 5.91 Å². The van der Waals surface area contributed by atoms with Crippen molar-refractivity contribution in [1.82, 2.24) is 9.88 Å². The molecule has 8 nitrogen and oxygen atoms in total. The summed E-state index contributed by atoms with van der Waals surface area (Å²) >= 11 is 11.6. The molecule has 1 aromatic heterocycles. The Kier molecular flexibility index (Phi) is 8.01. The highest BCUT2D eigenvalue weighted by Gasteiger charge is 2.51. The van der Waals surface area contributed by atoms with E-state index in [0.29, 0.717) is 21.3 Å². The number of aromatic nitrogens is 1. The SMILES string of the molecule is CC1(C)C(=O)N(c2ccc(SC(F)(F)F)cc2)C(=O)N1Cc1ccnc(NC(=O)Nc2cc(Cl)cc(Cl)c2)c1. The lowest BCUT2D eigenvalue weighted by Gasteiger charge is -2.27. The van der Waals surface area contributed by atoms with Crippen LogP contribution in [0.25, 0.3) is 0 Å². The monoisotopic (exact) mass is 597 g/mol. The number of alkyl halides is 3. The van der Waals surface area contributed by atoms with Gasteiger partial charge in [-0.15, -0.1) is 0 Å². The molecule has 1 saturated heterocycles. The second-order valence-corrected chi connectivity index (χ2v) is 10.9. The number of rotatable bonds is 6. The van der Waals surface area contributed by atoms with Gasteiger partial charge < -0.3 is 10.2 Å². The third-order valence-electron chi connectivity index (χ3n) is 5.68. The van der Waals surface area contributed by atoms with Gasteiger partial charge in [-0.25, -0.2) is 19.5 Å². The molecule has 2 aromatic carbocycles. The molecule has 4 rings (SSSR count). The number of carbonyl (C=O) groups is 3. The van der Waals surface area contributed by atoms with Gasteiger partial charge in [0.1, 0.15) is 11.4 Å². The highest BCUT2D eigenvalue weighted by atomic mass is 35.5. The van der Waals surface area contributed by atoms with E-state index in [1.807, 2.05) is 0 Å². The Morgan fingerprint density at radius 3 is 2.26 bits per heavy atom. The van der Waals surface area contributed by atoms with Gasteiger partial charge in [0.15, 0.2) is 0 Å². The molecule has 0 unspecified atom stereocenters. The molecule has 5 amide bonds. The summed E-state index contributed by atoms with van der Waals surface area (Å²) in [6.45, 7) is 3.15. The Hall–Kier alpha value is -3.48. The Morgan fingerprint density at radius 2 is 1.64 bits per heavy atom. The number of urea groups is 2. The van der Waals surface area contributed by atoms with Crippen LogP contribution in [0.15, 0.2) is 65.7 Å². The average molecular weight is 598 g/mol. The summed E-state index contributed by atoms with van der Waals surface area (Å²) in [6.07, 6.45) is 1.44. The fourth-order valence-corrected chi connectivity index (χ4v) is 4.92. The van der Waals surface area contributed by atoms with Crippen LogP contribution < -0.4 is 15.5 Å². The van der Waals surface area contributed by atoms with E-state index in [1.165, 1.54) is 53.6 Å². The van der Waals surface area contributed by atoms with Gasteiger partial charge in [-0.2, -0.15) is 13.2 Å². The predicted molar refractivity (Wildman–Crippen MR) is 144 cm³/mol. The summed E-state index contributed by atoms with van der Waals surface area (Å²) in [5.41, 5.74) is -4.62. The lowest BCUT2D eigenvalue weighted by atomic mass is 10.0. The molecule has 204 valence electrons. The van der Waals surface area contributed by atoms with Crippen molar-refractivity contribution in [3.8, 4) is 0 Å². The van der Waals surface area contributed by atoms with E-state index in [4.69, 9.17) is 23.2 Å². The molecule has 39 heavy (non-hydrogen) atoms. The van der Waals surface area contributed by atoms with Gasteiger partial charge in [-0.1, -0.05) is 23.2 Å². The van der Waals surface area contributed by atoms with Crippen LogP contribution in [-0.2, 0) is 11.3 Å². The first-order valence-corrected chi connectivity index (χ1v) is 12.8. The molecule has 1 fully saturated rings. The Bertz CT molecular complexity index is 1420. The second-order valence-electron chi connectivity index (χ2n) is 8.90. The van der Waals surface area contributed by atoms with E-state index in [1.54, 1.807) is 26.0 Å². The lowest BCUT2D eigenvalue weighted by Crippen LogP contribution is -2.43. The number of benzene rings is 2. The van der Waals surface area contributed by atoms with Gasteiger partial charge in [-0.3, -0.25) is 10.1 Å². The summed E-state index contributed by atoms with van der Waals surface area (Å²) in [5, 5.41) is 5.86. The van der Waals surface area contributed by atoms with Crippen molar-refractivity contribution < 1.29 is 27.6 Å². The number of carbonyl (C=O) groups excluding carboxylic acids is 3. The van der Waals surface area contributed by atoms with Crippen LogP contribution in [0.4, 0.5) is 40.0 Å². The van der Waals surface area contributed by atoms with Crippen LogP contribution in [0.3, 0.4) is 0 Å². The van der Waals surface area contributed by atoms with Crippen LogP contribution in [0.2, 0.25) is 10.0 Å². The van der Waals surface area contributed by atoms with E-state index in [0.717, 1.165) is 4.90 Å². The van der Waals surface area contributed by atoms with Crippen molar-refractivity contribution >= 4 is 70.1 Å². The molecule has 3 aromatic rings. The quantitative estimate of drug-likeness (QED) is 0.228. The minimum absolute atomic E-state index is 0.00119. The molecule has 2 N–H and O–H groups in total. The number of nitrogens with one attached hydrogen (secondary N) is 2. The highest BCUT2D eigenvalue weighted by molar-refractivity contribution is 8.00. The van der Waals surface area contributed by atoms with E-state index >= 15 is 0 Å². The average Bonchev–Trinajstić information content (AvgIpc) is 2.97. The van der Waals surface area contributed by atoms with Crippen molar-refractivity contribution in [3.63, 3.8) is 0 Å². The second kappa shape index (κ2) is 10.9. The molecule has 14 heteroatoms. The summed E-state index contributed by atoms with van der Waals surface area (Å²) in [6, 6.07) is 11.5. The highest BCUT2D eigenvalue weighted by Crippen LogP contribution is 2.39. The molecule has 2 heterocycles. The summed E-state index contributed by atoms with van der Waals surface area (Å²) < 4.78 is 37.9. The first kappa shape index (κ1) is 28.5. The Balaban J connectivity index is 1.47. The van der Waals surface area contributed by atoms with Gasteiger partial charge in [0.2, 0.25) is 0 Å². The smallest absolute Gasteiger partial charge is 0.308 e. The van der Waals surface area contributed by atoms with Gasteiger partial charge in [0, 0.05) is 33.4 Å². The van der Waals surface area contributed by atoms with Crippen LogP contribution in [0.1, 0.15) is 19.4 Å². The predicted octanol–water partition coefficient (Wildman–Crippen LogP) is 7.39. The normalized spacial score (nSPS) is 15.1. The first-order valence-electron chi connectivity index (χ1n) is 11.2. The van der Waals surface area contributed by atoms with Crippen LogP contribution in [0.5, 0.6) is 0 Å². The number of thioether (sulfide) groups is 1. The third kappa shape index (κ3) is 6.75. The van der Waals surface area contributed by atoms with Gasteiger partial charge in [0.05, 0.1) is 5.69 Å². The maximum atomic E-state index is 13.3. The van der Waals surface area contributed by atoms with Crippen LogP contribution in [0, 0.1) is 0 Å². The number of hydrogen-bond acceptors (Lipinski definition) is 5. The molecule has 1 aliphatic rings. The van der Waals surface area contributed by atoms with E-state index in [9.17, 15) is 27.6 Å². The molecule has 0 spiro atoms. The largest absolute Gasteiger partial charge is 0.446 e. The van der Waals surface area contributed by atoms with Crippen LogP contribution in [-0.4, -0.2) is 38.9 Å². The lowest BCUT2D eigenvalue weighted by molar-refractivity contribution is -0.123. The molecule has 0 radical (unpaired) electrons. The molecular formula is C25H20Cl2F3N5O3S. The minimum Gasteiger partial charge on any atom is -0.308 e. The zero-order valence-corrected chi connectivity index (χ0v) is 22.7. The first-order chi connectivity index (χ1) is 18.2. The van der Waals surface area contributed by atoms with E-state index in [2.05, 4.69) is 15.6 Å². The van der Waals surface area contributed by atoms with Gasteiger partial charge >= 0.3 is 17.6 Å². The molecule has 0 atom stereocenters. The topological polar surface area (TPSA) is 94.6 Å². The Labute approximate surface area is 235 Å². The molecule has 0 bridgehead atoms. The third-order valence-corrected chi connectivity index (χ3v) is 6.85. The molecular weight excluding hydrogens is 578 g/mol. The van der Waals surface area contributed by atoms with E-state index in [-0.39, 0.29) is 34.7 Å². The number of halogens is 5. The van der Waals surface area contributed by atoms with Crippen molar-refractivity contribution in [2.45, 2.75) is 36.3 Å². The van der Waals surface area contributed by atoms with Gasteiger partial charge in [-0.05, 0) is 85.8 Å². The minimum atomic E-state index is -4.46. The fourth-order valence-electron chi connectivity index (χ4n) is 3.85. The van der Waals surface area contributed by atoms with Crippen LogP contribution >= 0.6 is 35.0 Å². The standard InChI is InChI=1S/C25H20Cl2F3N5O3S/c1-24(2)21(36)35(18-3-5-19(6-4-18)39-25(28,29)30)23(38)34(24)13-14-7-8-31-20(9-14)33-22(37)32-17-11-15(26)10-16(27)12-17/h3-12H,13H2,1-2H3,(H2,31,32,33,37). The number of pyridine rings is 1. The summed E-state index contributed by atoms with van der Waals surface area (Å²) in [7, 11) is 0. The van der Waals surface area contributed by atoms with Crippen molar-refractivity contribution in [1.29, 1.82) is 0 Å². The molecule has 0 aliphatic carbocycles. The molecule has 0 saturated carbocycles. The maximum Gasteiger partial charge on any atom is 0.446 e. The Morgan fingerprint density at radius 1 is 1.00 bits per heavy atom. The van der Waals surface area contributed by atoms with Crippen molar-refractivity contribution in [3.05, 3.63) is 76.4 Å². The summed E-state index contributed by atoms with van der Waals surface area (Å²) in [4.78, 5) is 45.2. The zero-order chi connectivity index (χ0) is 28.5. The van der Waals surface area contributed by atoms with Crippen molar-refractivity contribution in [2.75, 3.05) is 15.5 Å². The maximum absolute atomic E-state index is 13.3.